The zero-order chi connectivity index (χ0) is 14.9. The molecule has 0 radical (unpaired) electrons. The standard InChI is InChI=1S/C17H24N2O2.ClH/c1-19(12-13-5-3-4-6-15(13)21-2)16(20)14-11-17(14)7-9-18-10-8-17;/h3-6,14,18H,7-12H2,1-2H3;1H. The van der Waals surface area contributed by atoms with Crippen molar-refractivity contribution in [2.24, 2.45) is 11.3 Å². The highest BCUT2D eigenvalue weighted by molar-refractivity contribution is 5.85. The van der Waals surface area contributed by atoms with Crippen molar-refractivity contribution >= 4 is 18.3 Å². The third-order valence-corrected chi connectivity index (χ3v) is 5.06. The predicted octanol–water partition coefficient (Wildman–Crippen LogP) is 2.47. The van der Waals surface area contributed by atoms with Crippen LogP contribution in [-0.4, -0.2) is 38.1 Å². The van der Waals surface area contributed by atoms with Gasteiger partial charge in [0.05, 0.1) is 7.11 Å². The van der Waals surface area contributed by atoms with E-state index < -0.39 is 0 Å². The summed E-state index contributed by atoms with van der Waals surface area (Å²) >= 11 is 0. The number of halogens is 1. The van der Waals surface area contributed by atoms with E-state index in [0.717, 1.165) is 43.7 Å². The van der Waals surface area contributed by atoms with E-state index in [0.29, 0.717) is 17.9 Å². The first-order valence-electron chi connectivity index (χ1n) is 7.74. The molecule has 1 atom stereocenters. The molecule has 1 spiro atoms. The second-order valence-corrected chi connectivity index (χ2v) is 6.38. The molecule has 22 heavy (non-hydrogen) atoms. The summed E-state index contributed by atoms with van der Waals surface area (Å²) < 4.78 is 5.37. The number of rotatable bonds is 4. The van der Waals surface area contributed by atoms with Crippen molar-refractivity contribution in [3.8, 4) is 5.75 Å². The average molecular weight is 325 g/mol. The van der Waals surface area contributed by atoms with Gasteiger partial charge in [-0.1, -0.05) is 18.2 Å². The quantitative estimate of drug-likeness (QED) is 0.925. The lowest BCUT2D eigenvalue weighted by atomic mass is 9.91. The summed E-state index contributed by atoms with van der Waals surface area (Å²) in [6, 6.07) is 7.91. The fourth-order valence-electron chi connectivity index (χ4n) is 3.61. The van der Waals surface area contributed by atoms with E-state index in [1.807, 2.05) is 36.2 Å². The van der Waals surface area contributed by atoms with Gasteiger partial charge in [-0.25, -0.2) is 0 Å². The summed E-state index contributed by atoms with van der Waals surface area (Å²) in [4.78, 5) is 14.5. The van der Waals surface area contributed by atoms with Crippen LogP contribution in [0.5, 0.6) is 5.75 Å². The van der Waals surface area contributed by atoms with Crippen LogP contribution in [0.15, 0.2) is 24.3 Å². The highest BCUT2D eigenvalue weighted by atomic mass is 35.5. The summed E-state index contributed by atoms with van der Waals surface area (Å²) in [7, 11) is 3.58. The Labute approximate surface area is 138 Å². The van der Waals surface area contributed by atoms with Gasteiger partial charge in [0, 0.05) is 25.1 Å². The third-order valence-electron chi connectivity index (χ3n) is 5.06. The topological polar surface area (TPSA) is 41.6 Å². The van der Waals surface area contributed by atoms with Gasteiger partial charge >= 0.3 is 0 Å². The Balaban J connectivity index is 0.00000176. The number of hydrogen-bond donors (Lipinski definition) is 1. The van der Waals surface area contributed by atoms with E-state index in [1.54, 1.807) is 7.11 Å². The molecule has 1 saturated carbocycles. The molecule has 5 heteroatoms. The molecule has 1 unspecified atom stereocenters. The van der Waals surface area contributed by atoms with Crippen molar-refractivity contribution in [2.75, 3.05) is 27.2 Å². The number of carbonyl (C=O) groups excluding carboxylic acids is 1. The second kappa shape index (κ2) is 6.88. The summed E-state index contributed by atoms with van der Waals surface area (Å²) in [6.07, 6.45) is 3.36. The van der Waals surface area contributed by atoms with Crippen molar-refractivity contribution in [3.05, 3.63) is 29.8 Å². The Morgan fingerprint density at radius 1 is 1.36 bits per heavy atom. The molecule has 1 amide bonds. The predicted molar refractivity (Wildman–Crippen MR) is 89.4 cm³/mol. The maximum Gasteiger partial charge on any atom is 0.226 e. The molecule has 0 aromatic heterocycles. The maximum absolute atomic E-state index is 12.6. The van der Waals surface area contributed by atoms with Gasteiger partial charge in [0.2, 0.25) is 5.91 Å². The van der Waals surface area contributed by atoms with Gasteiger partial charge in [-0.3, -0.25) is 4.79 Å². The molecule has 1 saturated heterocycles. The number of nitrogens with zero attached hydrogens (tertiary/aromatic N) is 1. The number of amides is 1. The first-order valence-corrected chi connectivity index (χ1v) is 7.74. The second-order valence-electron chi connectivity index (χ2n) is 6.38. The van der Waals surface area contributed by atoms with Gasteiger partial charge in [0.1, 0.15) is 5.75 Å². The zero-order valence-corrected chi connectivity index (χ0v) is 14.1. The Morgan fingerprint density at radius 3 is 2.73 bits per heavy atom. The summed E-state index contributed by atoms with van der Waals surface area (Å²) in [5.41, 5.74) is 1.37. The Morgan fingerprint density at radius 2 is 2.05 bits per heavy atom. The van der Waals surface area contributed by atoms with Gasteiger partial charge in [-0.05, 0) is 43.8 Å². The van der Waals surface area contributed by atoms with Crippen LogP contribution in [0.2, 0.25) is 0 Å². The van der Waals surface area contributed by atoms with Crippen LogP contribution in [0.4, 0.5) is 0 Å². The van der Waals surface area contributed by atoms with Gasteiger partial charge in [0.15, 0.2) is 0 Å². The minimum atomic E-state index is 0. The fourth-order valence-corrected chi connectivity index (χ4v) is 3.61. The van der Waals surface area contributed by atoms with Crippen molar-refractivity contribution in [1.82, 2.24) is 10.2 Å². The van der Waals surface area contributed by atoms with Gasteiger partial charge < -0.3 is 15.0 Å². The molecule has 1 aromatic rings. The number of nitrogens with one attached hydrogen (secondary N) is 1. The van der Waals surface area contributed by atoms with Crippen LogP contribution >= 0.6 is 12.4 Å². The van der Waals surface area contributed by atoms with Crippen molar-refractivity contribution in [1.29, 1.82) is 0 Å². The van der Waals surface area contributed by atoms with Gasteiger partial charge in [-0.15, -0.1) is 12.4 Å². The Bertz CT molecular complexity index is 529. The van der Waals surface area contributed by atoms with Crippen molar-refractivity contribution < 1.29 is 9.53 Å². The lowest BCUT2D eigenvalue weighted by Crippen LogP contribution is -2.34. The molecule has 2 fully saturated rings. The van der Waals surface area contributed by atoms with E-state index in [1.165, 1.54) is 0 Å². The fraction of sp³-hybridized carbons (Fsp3) is 0.588. The number of benzene rings is 1. The molecule has 3 rings (SSSR count). The largest absolute Gasteiger partial charge is 0.496 e. The monoisotopic (exact) mass is 324 g/mol. The van der Waals surface area contributed by atoms with Crippen molar-refractivity contribution in [2.45, 2.75) is 25.8 Å². The molecule has 1 aliphatic carbocycles. The number of piperidine rings is 1. The van der Waals surface area contributed by atoms with Crippen LogP contribution in [0.1, 0.15) is 24.8 Å². The SMILES string of the molecule is COc1ccccc1CN(C)C(=O)C1CC12CCNCC2.Cl. The highest BCUT2D eigenvalue weighted by Crippen LogP contribution is 2.59. The summed E-state index contributed by atoms with van der Waals surface area (Å²) in [6.45, 7) is 2.73. The van der Waals surface area contributed by atoms with E-state index in [2.05, 4.69) is 5.32 Å². The molecule has 1 heterocycles. The van der Waals surface area contributed by atoms with Crippen LogP contribution in [0.3, 0.4) is 0 Å². The first kappa shape index (κ1) is 17.1. The molecule has 0 bridgehead atoms. The molecular weight excluding hydrogens is 300 g/mol. The molecule has 1 N–H and O–H groups in total. The summed E-state index contributed by atoms with van der Waals surface area (Å²) in [5, 5.41) is 3.38. The Hall–Kier alpha value is -1.26. The number of hydrogen-bond acceptors (Lipinski definition) is 3. The van der Waals surface area contributed by atoms with E-state index in [9.17, 15) is 4.79 Å². The molecule has 122 valence electrons. The summed E-state index contributed by atoms with van der Waals surface area (Å²) in [5.74, 6) is 1.38. The first-order chi connectivity index (χ1) is 10.2. The average Bonchev–Trinajstić information content (AvgIpc) is 3.20. The number of carbonyl (C=O) groups is 1. The lowest BCUT2D eigenvalue weighted by molar-refractivity contribution is -0.132. The molecule has 1 aliphatic heterocycles. The lowest BCUT2D eigenvalue weighted by Gasteiger charge is -2.25. The van der Waals surface area contributed by atoms with Crippen LogP contribution < -0.4 is 10.1 Å². The van der Waals surface area contributed by atoms with Crippen molar-refractivity contribution in [3.63, 3.8) is 0 Å². The zero-order valence-electron chi connectivity index (χ0n) is 13.3. The third kappa shape index (κ3) is 3.23. The van der Waals surface area contributed by atoms with E-state index in [-0.39, 0.29) is 18.3 Å². The van der Waals surface area contributed by atoms with E-state index in [4.69, 9.17) is 4.74 Å². The van der Waals surface area contributed by atoms with Gasteiger partial charge in [0.25, 0.3) is 0 Å². The molecule has 2 aliphatic rings. The van der Waals surface area contributed by atoms with Crippen LogP contribution in [0.25, 0.3) is 0 Å². The minimum Gasteiger partial charge on any atom is -0.496 e. The highest BCUT2D eigenvalue weighted by Gasteiger charge is 2.58. The minimum absolute atomic E-state index is 0. The van der Waals surface area contributed by atoms with Gasteiger partial charge in [-0.2, -0.15) is 0 Å². The maximum atomic E-state index is 12.6. The molecule has 1 aromatic carbocycles. The van der Waals surface area contributed by atoms with Crippen LogP contribution in [0, 0.1) is 11.3 Å². The van der Waals surface area contributed by atoms with Crippen LogP contribution in [-0.2, 0) is 11.3 Å². The number of ether oxygens (including phenoxy) is 1. The smallest absolute Gasteiger partial charge is 0.226 e. The molecule has 4 nitrogen and oxygen atoms in total. The normalized spacial score (nSPS) is 21.8. The number of para-hydroxylation sites is 1. The Kier molecular flexibility index (Phi) is 5.35. The van der Waals surface area contributed by atoms with E-state index >= 15 is 0 Å². The number of methoxy groups -OCH3 is 1. The molecular formula is C17H25ClN2O2.